The number of sulfonamides is 2. The smallest absolute Gasteiger partial charge is 0.348 e. The molecule has 0 amide bonds. The number of aromatic amines is 2. The van der Waals surface area contributed by atoms with Gasteiger partial charge in [0.1, 0.15) is 5.69 Å². The van der Waals surface area contributed by atoms with E-state index < -0.39 is 69.3 Å². The molecular formula is C21H22FN9O12S2. The van der Waals surface area contributed by atoms with E-state index in [1.165, 1.54) is 6.07 Å². The first-order valence-corrected chi connectivity index (χ1v) is 15.7. The summed E-state index contributed by atoms with van der Waals surface area (Å²) in [6.45, 7) is 3.51. The molecule has 5 N–H and O–H groups in total. The molecule has 0 aliphatic heterocycles. The highest BCUT2D eigenvalue weighted by Gasteiger charge is 2.21. The predicted molar refractivity (Wildman–Crippen MR) is 158 cm³/mol. The Labute approximate surface area is 248 Å². The van der Waals surface area contributed by atoms with Crippen LogP contribution in [0.15, 0.2) is 43.4 Å². The fraction of sp³-hybridized carbons (Fsp3) is 0.238. The van der Waals surface area contributed by atoms with Gasteiger partial charge in [-0.3, -0.25) is 29.8 Å². The third kappa shape index (κ3) is 7.85. The van der Waals surface area contributed by atoms with E-state index in [9.17, 15) is 60.6 Å². The van der Waals surface area contributed by atoms with Gasteiger partial charge in [0.15, 0.2) is 0 Å². The molecule has 4 rings (SSSR count). The molecule has 2 aromatic heterocycles. The average molecular weight is 676 g/mol. The van der Waals surface area contributed by atoms with Crippen LogP contribution in [-0.2, 0) is 20.0 Å². The Kier molecular flexibility index (Phi) is 9.14. The van der Waals surface area contributed by atoms with E-state index in [4.69, 9.17) is 0 Å². The molecule has 2 heterocycles. The second kappa shape index (κ2) is 12.2. The van der Waals surface area contributed by atoms with Crippen molar-refractivity contribution in [2.45, 2.75) is 19.9 Å². The summed E-state index contributed by atoms with van der Waals surface area (Å²) in [6.07, 6.45) is 1.49. The summed E-state index contributed by atoms with van der Waals surface area (Å²) in [7, 11) is -7.80. The van der Waals surface area contributed by atoms with Crippen LogP contribution in [0.3, 0.4) is 0 Å². The Bertz CT molecular complexity index is 2340. The number of H-pyrrole nitrogens is 2. The Morgan fingerprint density at radius 3 is 1.53 bits per heavy atom. The highest BCUT2D eigenvalue weighted by atomic mass is 32.2. The van der Waals surface area contributed by atoms with Crippen molar-refractivity contribution in [3.8, 4) is 0 Å². The highest BCUT2D eigenvalue weighted by molar-refractivity contribution is 7.91. The third-order valence-corrected chi connectivity index (χ3v) is 6.36. The number of nitro benzene ring substituents is 2. The molecule has 4 aromatic rings. The maximum absolute atomic E-state index is 13.5. The zero-order valence-corrected chi connectivity index (χ0v) is 24.9. The number of nitro groups is 2. The minimum Gasteiger partial charge on any atom is -0.377 e. The Morgan fingerprint density at radius 2 is 1.16 bits per heavy atom. The van der Waals surface area contributed by atoms with Gasteiger partial charge in [0.05, 0.1) is 44.2 Å². The molecule has 0 fully saturated rings. The first kappa shape index (κ1) is 33.8. The molecule has 0 atom stereocenters. The van der Waals surface area contributed by atoms with E-state index in [0.29, 0.717) is 23.1 Å². The molecule has 0 radical (unpaired) electrons. The van der Waals surface area contributed by atoms with Gasteiger partial charge in [-0.05, 0) is 26.0 Å². The van der Waals surface area contributed by atoms with Gasteiger partial charge in [-0.25, -0.2) is 36.1 Å². The van der Waals surface area contributed by atoms with E-state index in [1.807, 2.05) is 0 Å². The van der Waals surface area contributed by atoms with E-state index in [-0.39, 0.29) is 38.5 Å². The van der Waals surface area contributed by atoms with E-state index in [2.05, 4.69) is 15.3 Å². The standard InChI is InChI=1S/C12H15N5O6S.C9H7FN4O6S/c1-6(2)13-9-4-7-8(5-10(9)17(20)21)14-12(19)16(11(7)18)15-24(3,22)23;1-21(19,20)12-13-8(15)4-2-5(10)7(14(17)18)3-6(4)11-9(13)16/h4-6,13,15H,1-3H3,(H,14,19);2-3,12H,1H3,(H,11,16). The molecule has 0 unspecified atom stereocenters. The fourth-order valence-corrected chi connectivity index (χ4v) is 4.69. The zero-order chi connectivity index (χ0) is 34.2. The van der Waals surface area contributed by atoms with Gasteiger partial charge in [0.2, 0.25) is 25.9 Å². The van der Waals surface area contributed by atoms with Crippen LogP contribution in [0, 0.1) is 26.0 Å². The number of halogens is 1. The van der Waals surface area contributed by atoms with Crippen molar-refractivity contribution in [3.05, 3.63) is 92.0 Å². The molecule has 2 aromatic carbocycles. The number of benzene rings is 2. The van der Waals surface area contributed by atoms with Crippen LogP contribution >= 0.6 is 0 Å². The van der Waals surface area contributed by atoms with Gasteiger partial charge in [-0.15, -0.1) is 0 Å². The average Bonchev–Trinajstić information content (AvgIpc) is 2.88. The summed E-state index contributed by atoms with van der Waals surface area (Å²) < 4.78 is 58.6. The molecule has 0 bridgehead atoms. The van der Waals surface area contributed by atoms with Gasteiger partial charge in [-0.2, -0.15) is 13.7 Å². The van der Waals surface area contributed by atoms with Gasteiger partial charge in [-0.1, -0.05) is 0 Å². The minimum atomic E-state index is -3.93. The maximum Gasteiger partial charge on any atom is 0.348 e. The van der Waals surface area contributed by atoms with Gasteiger partial charge in [0, 0.05) is 18.2 Å². The molecule has 0 aliphatic carbocycles. The maximum atomic E-state index is 13.5. The molecule has 24 heteroatoms. The predicted octanol–water partition coefficient (Wildman–Crippen LogP) is -0.838. The van der Waals surface area contributed by atoms with Crippen LogP contribution in [0.5, 0.6) is 0 Å². The number of hydrogen-bond donors (Lipinski definition) is 5. The van der Waals surface area contributed by atoms with E-state index in [0.717, 1.165) is 12.3 Å². The van der Waals surface area contributed by atoms with Crippen molar-refractivity contribution in [3.63, 3.8) is 0 Å². The lowest BCUT2D eigenvalue weighted by Crippen LogP contribution is -2.43. The monoisotopic (exact) mass is 675 g/mol. The van der Waals surface area contributed by atoms with E-state index >= 15 is 0 Å². The largest absolute Gasteiger partial charge is 0.377 e. The van der Waals surface area contributed by atoms with Crippen molar-refractivity contribution < 1.29 is 31.1 Å². The lowest BCUT2D eigenvalue weighted by molar-refractivity contribution is -0.387. The van der Waals surface area contributed by atoms with Gasteiger partial charge < -0.3 is 15.3 Å². The topological polar surface area (TPSA) is 300 Å². The molecule has 0 aliphatic rings. The SMILES string of the molecule is CC(C)Nc1cc2c(=O)n(NS(C)(=O)=O)c(=O)[nH]c2cc1[N+](=O)[O-].CS(=O)(=O)Nn1c(=O)[nH]c2cc([N+](=O)[O-])c(F)cc2c1=O. The van der Waals surface area contributed by atoms with Crippen LogP contribution in [0.4, 0.5) is 21.5 Å². The number of aromatic nitrogens is 4. The van der Waals surface area contributed by atoms with Crippen molar-refractivity contribution in [2.75, 3.05) is 27.5 Å². The van der Waals surface area contributed by atoms with Crippen molar-refractivity contribution in [2.24, 2.45) is 0 Å². The first-order valence-electron chi connectivity index (χ1n) is 11.9. The molecule has 0 spiro atoms. The van der Waals surface area contributed by atoms with Crippen molar-refractivity contribution in [1.29, 1.82) is 0 Å². The first-order chi connectivity index (χ1) is 20.6. The third-order valence-electron chi connectivity index (χ3n) is 5.33. The number of hydrogen-bond acceptors (Lipinski definition) is 13. The number of rotatable bonds is 8. The lowest BCUT2D eigenvalue weighted by atomic mass is 10.1. The Hall–Kier alpha value is -5.65. The second-order valence-corrected chi connectivity index (χ2v) is 12.9. The number of anilines is 1. The zero-order valence-electron chi connectivity index (χ0n) is 23.3. The van der Waals surface area contributed by atoms with Crippen LogP contribution in [0.25, 0.3) is 21.8 Å². The Balaban J connectivity index is 0.000000248. The summed E-state index contributed by atoms with van der Waals surface area (Å²) in [5, 5.41) is 24.1. The van der Waals surface area contributed by atoms with Gasteiger partial charge in [0.25, 0.3) is 16.8 Å². The lowest BCUT2D eigenvalue weighted by Gasteiger charge is -2.12. The highest BCUT2D eigenvalue weighted by Crippen LogP contribution is 2.28. The molecule has 242 valence electrons. The quantitative estimate of drug-likeness (QED) is 0.113. The second-order valence-electron chi connectivity index (χ2n) is 9.45. The van der Waals surface area contributed by atoms with Crippen molar-refractivity contribution in [1.82, 2.24) is 19.3 Å². The summed E-state index contributed by atoms with van der Waals surface area (Å²) in [5.41, 5.74) is -5.85. The molecule has 21 nitrogen and oxygen atoms in total. The van der Waals surface area contributed by atoms with Gasteiger partial charge >= 0.3 is 17.1 Å². The van der Waals surface area contributed by atoms with Crippen molar-refractivity contribution >= 4 is 58.9 Å². The number of nitrogens with zero attached hydrogens (tertiary/aromatic N) is 4. The Morgan fingerprint density at radius 1 is 0.756 bits per heavy atom. The molecule has 45 heavy (non-hydrogen) atoms. The van der Waals surface area contributed by atoms with E-state index in [1.54, 1.807) is 23.5 Å². The fourth-order valence-electron chi connectivity index (χ4n) is 3.69. The normalized spacial score (nSPS) is 11.6. The summed E-state index contributed by atoms with van der Waals surface area (Å²) in [4.78, 5) is 75.6. The van der Waals surface area contributed by atoms with Crippen LogP contribution in [0.1, 0.15) is 13.8 Å². The summed E-state index contributed by atoms with van der Waals surface area (Å²) in [6, 6.07) is 3.32. The van der Waals surface area contributed by atoms with Crippen LogP contribution < -0.4 is 37.5 Å². The molecule has 0 saturated heterocycles. The number of fused-ring (bicyclic) bond motifs is 2. The molecule has 0 saturated carbocycles. The molecular weight excluding hydrogens is 653 g/mol. The minimum absolute atomic E-state index is 0.0717. The van der Waals surface area contributed by atoms with Crippen LogP contribution in [0.2, 0.25) is 0 Å². The summed E-state index contributed by atoms with van der Waals surface area (Å²) >= 11 is 0. The summed E-state index contributed by atoms with van der Waals surface area (Å²) in [5.74, 6) is -1.29. The number of nitrogens with one attached hydrogen (secondary N) is 5. The van der Waals surface area contributed by atoms with Crippen LogP contribution in [-0.4, -0.2) is 64.6 Å².